The molecule has 0 aliphatic carbocycles. The maximum atomic E-state index is 12.4. The van der Waals surface area contributed by atoms with Crippen molar-refractivity contribution in [1.82, 2.24) is 20.3 Å². The SMILES string of the molecule is NC(=O)C1CCN(c2nc(NCCc3ccccc3)nc(NC3CCCCNC3=O)n2)CC1. The first-order valence-corrected chi connectivity index (χ1v) is 11.7. The summed E-state index contributed by atoms with van der Waals surface area (Å²) in [6, 6.07) is 9.83. The van der Waals surface area contributed by atoms with Crippen molar-refractivity contribution in [3.05, 3.63) is 35.9 Å². The number of rotatable bonds is 8. The molecule has 2 aliphatic heterocycles. The highest BCUT2D eigenvalue weighted by Gasteiger charge is 2.26. The Bertz CT molecular complexity index is 947. The quantitative estimate of drug-likeness (QED) is 0.470. The van der Waals surface area contributed by atoms with E-state index in [1.165, 1.54) is 5.56 Å². The number of aromatic nitrogens is 3. The fourth-order valence-electron chi connectivity index (χ4n) is 4.21. The summed E-state index contributed by atoms with van der Waals surface area (Å²) < 4.78 is 0. The van der Waals surface area contributed by atoms with Gasteiger partial charge in [0.2, 0.25) is 29.7 Å². The number of carbonyl (C=O) groups is 2. The zero-order chi connectivity index (χ0) is 23.0. The van der Waals surface area contributed by atoms with Crippen molar-refractivity contribution in [3.63, 3.8) is 0 Å². The standard InChI is InChI=1S/C23H32N8O2/c24-19(32)17-10-14-31(15-11-17)23-29-21(26-13-9-16-6-2-1-3-7-16)28-22(30-23)27-18-8-4-5-12-25-20(18)33/h1-3,6-7,17-18H,4-5,8-15H2,(H2,24,32)(H,25,33)(H2,26,27,28,29,30). The zero-order valence-corrected chi connectivity index (χ0v) is 18.8. The maximum absolute atomic E-state index is 12.4. The predicted molar refractivity (Wildman–Crippen MR) is 127 cm³/mol. The third-order valence-corrected chi connectivity index (χ3v) is 6.18. The summed E-state index contributed by atoms with van der Waals surface area (Å²) in [5, 5.41) is 9.44. The van der Waals surface area contributed by atoms with Gasteiger partial charge in [0.25, 0.3) is 0 Å². The van der Waals surface area contributed by atoms with Gasteiger partial charge in [-0.05, 0) is 44.1 Å². The summed E-state index contributed by atoms with van der Waals surface area (Å²) in [7, 11) is 0. The number of nitrogens with two attached hydrogens (primary N) is 1. The Morgan fingerprint density at radius 3 is 2.58 bits per heavy atom. The van der Waals surface area contributed by atoms with E-state index in [1.807, 2.05) is 23.1 Å². The molecule has 1 atom stereocenters. The van der Waals surface area contributed by atoms with Crippen molar-refractivity contribution in [2.45, 2.75) is 44.6 Å². The smallest absolute Gasteiger partial charge is 0.242 e. The molecule has 33 heavy (non-hydrogen) atoms. The van der Waals surface area contributed by atoms with Gasteiger partial charge in [-0.3, -0.25) is 9.59 Å². The average molecular weight is 453 g/mol. The summed E-state index contributed by atoms with van der Waals surface area (Å²) in [6.45, 7) is 2.65. The molecule has 0 bridgehead atoms. The van der Waals surface area contributed by atoms with Gasteiger partial charge in [-0.25, -0.2) is 0 Å². The van der Waals surface area contributed by atoms with Crippen LogP contribution in [0.15, 0.2) is 30.3 Å². The van der Waals surface area contributed by atoms with E-state index in [0.29, 0.717) is 56.9 Å². The molecule has 3 heterocycles. The summed E-state index contributed by atoms with van der Waals surface area (Å²) in [5.74, 6) is 0.974. The molecular formula is C23H32N8O2. The van der Waals surface area contributed by atoms with Crippen LogP contribution < -0.4 is 26.6 Å². The van der Waals surface area contributed by atoms with Crippen molar-refractivity contribution < 1.29 is 9.59 Å². The third-order valence-electron chi connectivity index (χ3n) is 6.18. The van der Waals surface area contributed by atoms with Crippen LogP contribution in [0.25, 0.3) is 0 Å². The number of hydrogen-bond donors (Lipinski definition) is 4. The van der Waals surface area contributed by atoms with E-state index in [1.54, 1.807) is 0 Å². The highest BCUT2D eigenvalue weighted by atomic mass is 16.2. The maximum Gasteiger partial charge on any atom is 0.242 e. The van der Waals surface area contributed by atoms with E-state index in [9.17, 15) is 9.59 Å². The van der Waals surface area contributed by atoms with Gasteiger partial charge in [-0.1, -0.05) is 30.3 Å². The minimum absolute atomic E-state index is 0.0321. The molecule has 5 N–H and O–H groups in total. The van der Waals surface area contributed by atoms with Crippen molar-refractivity contribution in [3.8, 4) is 0 Å². The van der Waals surface area contributed by atoms with Crippen LogP contribution in [-0.4, -0.2) is 59.0 Å². The lowest BCUT2D eigenvalue weighted by molar-refractivity contribution is -0.122. The molecule has 176 valence electrons. The van der Waals surface area contributed by atoms with E-state index in [2.05, 4.69) is 43.0 Å². The minimum Gasteiger partial charge on any atom is -0.369 e. The molecule has 1 unspecified atom stereocenters. The molecule has 2 aromatic rings. The van der Waals surface area contributed by atoms with Crippen molar-refractivity contribution in [2.24, 2.45) is 11.7 Å². The number of nitrogens with one attached hydrogen (secondary N) is 3. The molecule has 0 radical (unpaired) electrons. The lowest BCUT2D eigenvalue weighted by atomic mass is 9.96. The Morgan fingerprint density at radius 2 is 1.82 bits per heavy atom. The molecule has 2 amide bonds. The van der Waals surface area contributed by atoms with E-state index in [0.717, 1.165) is 25.7 Å². The summed E-state index contributed by atoms with van der Waals surface area (Å²) in [6.07, 6.45) is 4.83. The molecule has 0 spiro atoms. The lowest BCUT2D eigenvalue weighted by Crippen LogP contribution is -2.40. The van der Waals surface area contributed by atoms with Crippen molar-refractivity contribution >= 4 is 29.7 Å². The van der Waals surface area contributed by atoms with Crippen LogP contribution in [0, 0.1) is 5.92 Å². The van der Waals surface area contributed by atoms with Gasteiger partial charge < -0.3 is 26.6 Å². The molecule has 1 aromatic carbocycles. The van der Waals surface area contributed by atoms with Crippen LogP contribution in [0.3, 0.4) is 0 Å². The predicted octanol–water partition coefficient (Wildman–Crippen LogP) is 1.31. The summed E-state index contributed by atoms with van der Waals surface area (Å²) >= 11 is 0. The van der Waals surface area contributed by atoms with Gasteiger partial charge in [-0.2, -0.15) is 15.0 Å². The second-order valence-electron chi connectivity index (χ2n) is 8.59. The van der Waals surface area contributed by atoms with Crippen molar-refractivity contribution in [1.29, 1.82) is 0 Å². The topological polar surface area (TPSA) is 138 Å². The molecule has 1 aromatic heterocycles. The van der Waals surface area contributed by atoms with Crippen LogP contribution in [-0.2, 0) is 16.0 Å². The van der Waals surface area contributed by atoms with Gasteiger partial charge >= 0.3 is 0 Å². The van der Waals surface area contributed by atoms with Gasteiger partial charge in [0.1, 0.15) is 6.04 Å². The highest BCUT2D eigenvalue weighted by molar-refractivity contribution is 5.84. The third kappa shape index (κ3) is 6.30. The molecule has 4 rings (SSSR count). The van der Waals surface area contributed by atoms with Crippen LogP contribution in [0.2, 0.25) is 0 Å². The molecule has 2 aliphatic rings. The number of primary amides is 1. The summed E-state index contributed by atoms with van der Waals surface area (Å²) in [5.41, 5.74) is 6.70. The monoisotopic (exact) mass is 452 g/mol. The Balaban J connectivity index is 1.49. The van der Waals surface area contributed by atoms with Crippen molar-refractivity contribution in [2.75, 3.05) is 41.7 Å². The number of anilines is 3. The second-order valence-corrected chi connectivity index (χ2v) is 8.59. The molecule has 2 fully saturated rings. The van der Waals surface area contributed by atoms with Crippen LogP contribution in [0.5, 0.6) is 0 Å². The van der Waals surface area contributed by atoms with E-state index in [-0.39, 0.29) is 23.8 Å². The number of benzene rings is 1. The van der Waals surface area contributed by atoms with Crippen LogP contribution >= 0.6 is 0 Å². The molecular weight excluding hydrogens is 420 g/mol. The number of piperidine rings is 1. The highest BCUT2D eigenvalue weighted by Crippen LogP contribution is 2.23. The Kier molecular flexibility index (Phi) is 7.54. The van der Waals surface area contributed by atoms with Gasteiger partial charge in [0.05, 0.1) is 0 Å². The lowest BCUT2D eigenvalue weighted by Gasteiger charge is -2.30. The number of hydrogen-bond acceptors (Lipinski definition) is 8. The Hall–Kier alpha value is -3.43. The first-order valence-electron chi connectivity index (χ1n) is 11.7. The first kappa shape index (κ1) is 22.8. The van der Waals surface area contributed by atoms with Gasteiger partial charge in [0, 0.05) is 32.1 Å². The largest absolute Gasteiger partial charge is 0.369 e. The fraction of sp³-hybridized carbons (Fsp3) is 0.522. The Morgan fingerprint density at radius 1 is 1.06 bits per heavy atom. The molecule has 10 heteroatoms. The van der Waals surface area contributed by atoms with Crippen LogP contribution in [0.1, 0.15) is 37.7 Å². The van der Waals surface area contributed by atoms with Gasteiger partial charge in [-0.15, -0.1) is 0 Å². The average Bonchev–Trinajstić information content (AvgIpc) is 3.03. The van der Waals surface area contributed by atoms with Gasteiger partial charge in [0.15, 0.2) is 0 Å². The Labute approximate surface area is 193 Å². The van der Waals surface area contributed by atoms with Crippen LogP contribution in [0.4, 0.5) is 17.8 Å². The normalized spacial score (nSPS) is 19.5. The minimum atomic E-state index is -0.375. The van der Waals surface area contributed by atoms with E-state index < -0.39 is 0 Å². The van der Waals surface area contributed by atoms with E-state index in [4.69, 9.17) is 5.73 Å². The fourth-order valence-corrected chi connectivity index (χ4v) is 4.21. The molecule has 2 saturated heterocycles. The number of carbonyl (C=O) groups excluding carboxylic acids is 2. The second kappa shape index (κ2) is 10.9. The van der Waals surface area contributed by atoms with E-state index >= 15 is 0 Å². The first-order chi connectivity index (χ1) is 16.1. The summed E-state index contributed by atoms with van der Waals surface area (Å²) in [4.78, 5) is 39.7. The zero-order valence-electron chi connectivity index (χ0n) is 18.8. The number of amides is 2. The molecule has 0 saturated carbocycles. The number of nitrogens with zero attached hydrogens (tertiary/aromatic N) is 4. The molecule has 10 nitrogen and oxygen atoms in total.